The summed E-state index contributed by atoms with van der Waals surface area (Å²) in [6.07, 6.45) is 6.23. The minimum absolute atomic E-state index is 0.0653. The van der Waals surface area contributed by atoms with Crippen molar-refractivity contribution in [2.75, 3.05) is 13.1 Å². The van der Waals surface area contributed by atoms with Gasteiger partial charge in [0.05, 0.1) is 12.0 Å². The number of piperidine rings is 1. The molecule has 1 saturated heterocycles. The summed E-state index contributed by atoms with van der Waals surface area (Å²) in [5.74, 6) is 0.167. The Labute approximate surface area is 143 Å². The average molecular weight is 336 g/mol. The first-order valence-electron chi connectivity index (χ1n) is 8.73. The van der Waals surface area contributed by atoms with Gasteiger partial charge >= 0.3 is 0 Å². The minimum Gasteiger partial charge on any atom is -0.389 e. The maximum Gasteiger partial charge on any atom is 0.226 e. The van der Waals surface area contributed by atoms with Gasteiger partial charge < -0.3 is 10.0 Å². The Bertz CT molecular complexity index is 580. The van der Waals surface area contributed by atoms with E-state index in [9.17, 15) is 9.90 Å². The molecule has 1 N–H and O–H groups in total. The summed E-state index contributed by atoms with van der Waals surface area (Å²) in [4.78, 5) is 14.5. The van der Waals surface area contributed by atoms with E-state index in [0.29, 0.717) is 11.4 Å². The first-order chi connectivity index (χ1) is 11.0. The predicted octanol–water partition coefficient (Wildman–Crippen LogP) is 3.82. The molecule has 1 aromatic rings. The van der Waals surface area contributed by atoms with Crippen LogP contribution in [0.3, 0.4) is 0 Å². The molecule has 2 aliphatic rings. The van der Waals surface area contributed by atoms with Gasteiger partial charge in [-0.05, 0) is 49.8 Å². The summed E-state index contributed by atoms with van der Waals surface area (Å²) in [6.45, 7) is 3.67. The third-order valence-electron chi connectivity index (χ3n) is 5.99. The molecule has 1 aliphatic carbocycles. The molecule has 0 bridgehead atoms. The van der Waals surface area contributed by atoms with Gasteiger partial charge in [-0.2, -0.15) is 0 Å². The van der Waals surface area contributed by atoms with Gasteiger partial charge in [0.15, 0.2) is 0 Å². The van der Waals surface area contributed by atoms with Gasteiger partial charge in [0.2, 0.25) is 5.91 Å². The van der Waals surface area contributed by atoms with E-state index < -0.39 is 5.60 Å². The third-order valence-corrected chi connectivity index (χ3v) is 6.22. The molecule has 1 heterocycles. The predicted molar refractivity (Wildman–Crippen MR) is 92.5 cm³/mol. The Hall–Kier alpha value is -1.06. The number of amides is 1. The number of rotatable bonds is 4. The lowest BCUT2D eigenvalue weighted by Gasteiger charge is -2.59. The Morgan fingerprint density at radius 2 is 2.00 bits per heavy atom. The van der Waals surface area contributed by atoms with E-state index in [1.54, 1.807) is 0 Å². The van der Waals surface area contributed by atoms with Crippen LogP contribution in [-0.4, -0.2) is 34.6 Å². The number of benzene rings is 1. The summed E-state index contributed by atoms with van der Waals surface area (Å²) in [5, 5.41) is 11.5. The molecule has 1 spiro atoms. The van der Waals surface area contributed by atoms with Crippen molar-refractivity contribution in [2.24, 2.45) is 5.41 Å². The molecule has 3 nitrogen and oxygen atoms in total. The number of halogens is 1. The van der Waals surface area contributed by atoms with Gasteiger partial charge in [-0.15, -0.1) is 0 Å². The number of hydrogen-bond acceptors (Lipinski definition) is 2. The van der Waals surface area contributed by atoms with Crippen molar-refractivity contribution in [1.82, 2.24) is 4.90 Å². The van der Waals surface area contributed by atoms with Gasteiger partial charge in [-0.1, -0.05) is 37.1 Å². The molecule has 1 amide bonds. The van der Waals surface area contributed by atoms with Crippen molar-refractivity contribution in [2.45, 2.75) is 57.5 Å². The van der Waals surface area contributed by atoms with Crippen LogP contribution in [0.5, 0.6) is 0 Å². The van der Waals surface area contributed by atoms with E-state index in [-0.39, 0.29) is 11.3 Å². The summed E-state index contributed by atoms with van der Waals surface area (Å²) < 4.78 is 0. The fourth-order valence-electron chi connectivity index (χ4n) is 4.40. The van der Waals surface area contributed by atoms with E-state index in [0.717, 1.165) is 57.2 Å². The summed E-state index contributed by atoms with van der Waals surface area (Å²) in [5.41, 5.74) is 0.550. The van der Waals surface area contributed by atoms with Crippen LogP contribution in [0.1, 0.15) is 51.0 Å². The van der Waals surface area contributed by atoms with Gasteiger partial charge in [0.1, 0.15) is 0 Å². The number of carbonyl (C=O) groups is 1. The Morgan fingerprint density at radius 1 is 1.26 bits per heavy atom. The van der Waals surface area contributed by atoms with E-state index in [4.69, 9.17) is 11.6 Å². The van der Waals surface area contributed by atoms with Crippen LogP contribution in [0.2, 0.25) is 5.02 Å². The molecule has 23 heavy (non-hydrogen) atoms. The third kappa shape index (κ3) is 3.14. The number of likely N-dealkylation sites (tertiary alicyclic amines) is 1. The van der Waals surface area contributed by atoms with Crippen molar-refractivity contribution < 1.29 is 9.90 Å². The standard InChI is InChI=1S/C19H26ClNO2/c1-2-6-19(23)8-7-18(19)9-11-21(12-10-18)17(22)14-15-4-3-5-16(20)13-15/h3-5,13,23H,2,6-12,14H2,1H3. The average Bonchev–Trinajstić information content (AvgIpc) is 2.54. The monoisotopic (exact) mass is 335 g/mol. The zero-order valence-corrected chi connectivity index (χ0v) is 14.6. The van der Waals surface area contributed by atoms with Crippen molar-refractivity contribution >= 4 is 17.5 Å². The van der Waals surface area contributed by atoms with E-state index in [1.165, 1.54) is 0 Å². The Balaban J connectivity index is 1.58. The van der Waals surface area contributed by atoms with Crippen LogP contribution in [0, 0.1) is 5.41 Å². The fraction of sp³-hybridized carbons (Fsp3) is 0.632. The van der Waals surface area contributed by atoms with E-state index in [2.05, 4.69) is 6.92 Å². The van der Waals surface area contributed by atoms with E-state index >= 15 is 0 Å². The van der Waals surface area contributed by atoms with Crippen molar-refractivity contribution in [3.8, 4) is 0 Å². The zero-order chi connectivity index (χ0) is 16.5. The number of hydrogen-bond donors (Lipinski definition) is 1. The maximum absolute atomic E-state index is 12.5. The lowest BCUT2D eigenvalue weighted by molar-refractivity contribution is -0.194. The van der Waals surface area contributed by atoms with Crippen molar-refractivity contribution in [3.63, 3.8) is 0 Å². The normalized spacial score (nSPS) is 26.1. The SMILES string of the molecule is CCCC1(O)CCC12CCN(C(=O)Cc1cccc(Cl)c1)CC2. The Kier molecular flexibility index (Phi) is 4.70. The molecule has 1 atom stereocenters. The van der Waals surface area contributed by atoms with Gasteiger partial charge in [0, 0.05) is 23.5 Å². The second-order valence-corrected chi connectivity index (χ2v) is 7.69. The Morgan fingerprint density at radius 3 is 2.57 bits per heavy atom. The van der Waals surface area contributed by atoms with Crippen LogP contribution in [-0.2, 0) is 11.2 Å². The molecule has 1 aromatic carbocycles. The fourth-order valence-corrected chi connectivity index (χ4v) is 4.62. The highest BCUT2D eigenvalue weighted by atomic mass is 35.5. The lowest BCUT2D eigenvalue weighted by atomic mass is 9.51. The van der Waals surface area contributed by atoms with Gasteiger partial charge in [-0.3, -0.25) is 4.79 Å². The highest BCUT2D eigenvalue weighted by molar-refractivity contribution is 6.30. The number of nitrogens with zero attached hydrogens (tertiary/aromatic N) is 1. The van der Waals surface area contributed by atoms with E-state index in [1.807, 2.05) is 29.2 Å². The molecule has 0 radical (unpaired) electrons. The van der Waals surface area contributed by atoms with Crippen LogP contribution >= 0.6 is 11.6 Å². The molecule has 126 valence electrons. The number of aliphatic hydroxyl groups is 1. The van der Waals surface area contributed by atoms with Crippen LogP contribution in [0.4, 0.5) is 0 Å². The second kappa shape index (κ2) is 6.45. The summed E-state index contributed by atoms with van der Waals surface area (Å²) in [7, 11) is 0. The second-order valence-electron chi connectivity index (χ2n) is 7.25. The largest absolute Gasteiger partial charge is 0.389 e. The molecule has 0 aromatic heterocycles. The summed E-state index contributed by atoms with van der Waals surface area (Å²) >= 11 is 5.99. The molecule has 3 rings (SSSR count). The number of carbonyl (C=O) groups excluding carboxylic acids is 1. The highest BCUT2D eigenvalue weighted by Crippen LogP contribution is 2.58. The highest BCUT2D eigenvalue weighted by Gasteiger charge is 2.57. The molecular formula is C19H26ClNO2. The molecule has 4 heteroatoms. The van der Waals surface area contributed by atoms with Crippen LogP contribution in [0.25, 0.3) is 0 Å². The quantitative estimate of drug-likeness (QED) is 0.908. The molecule has 1 aliphatic heterocycles. The molecular weight excluding hydrogens is 310 g/mol. The molecule has 1 unspecified atom stereocenters. The zero-order valence-electron chi connectivity index (χ0n) is 13.9. The maximum atomic E-state index is 12.5. The van der Waals surface area contributed by atoms with Crippen LogP contribution < -0.4 is 0 Å². The van der Waals surface area contributed by atoms with Crippen LogP contribution in [0.15, 0.2) is 24.3 Å². The lowest BCUT2D eigenvalue weighted by Crippen LogP contribution is -2.61. The first kappa shape index (κ1) is 16.8. The molecule has 1 saturated carbocycles. The smallest absolute Gasteiger partial charge is 0.226 e. The first-order valence-corrected chi connectivity index (χ1v) is 9.10. The van der Waals surface area contributed by atoms with Crippen molar-refractivity contribution in [1.29, 1.82) is 0 Å². The van der Waals surface area contributed by atoms with Gasteiger partial charge in [-0.25, -0.2) is 0 Å². The minimum atomic E-state index is -0.482. The van der Waals surface area contributed by atoms with Crippen molar-refractivity contribution in [3.05, 3.63) is 34.9 Å². The topological polar surface area (TPSA) is 40.5 Å². The summed E-state index contributed by atoms with van der Waals surface area (Å²) in [6, 6.07) is 7.51. The van der Waals surface area contributed by atoms with Gasteiger partial charge in [0.25, 0.3) is 0 Å². The molecule has 2 fully saturated rings.